The van der Waals surface area contributed by atoms with Crippen LogP contribution in [0.1, 0.15) is 103 Å². The molecule has 0 N–H and O–H groups in total. The number of benzene rings is 4. The summed E-state index contributed by atoms with van der Waals surface area (Å²) in [6.45, 7) is 18.7. The monoisotopic (exact) mass is 668 g/mol. The third kappa shape index (κ3) is 10.5. The van der Waals surface area contributed by atoms with Crippen LogP contribution in [0, 0.1) is 5.82 Å². The normalized spacial score (nSPS) is 14.3. The molecular formula is C44H58ClFN2. The van der Waals surface area contributed by atoms with Gasteiger partial charge >= 0.3 is 0 Å². The van der Waals surface area contributed by atoms with E-state index in [1.807, 2.05) is 24.3 Å². The molecule has 4 heteroatoms. The Bertz CT molecular complexity index is 1340. The van der Waals surface area contributed by atoms with Crippen LogP contribution in [0.5, 0.6) is 0 Å². The minimum absolute atomic E-state index is 0.197. The molecule has 0 aliphatic heterocycles. The van der Waals surface area contributed by atoms with Crippen molar-refractivity contribution in [3.05, 3.63) is 119 Å². The van der Waals surface area contributed by atoms with Gasteiger partial charge in [0.25, 0.3) is 0 Å². The Morgan fingerprint density at radius 1 is 0.479 bits per heavy atom. The van der Waals surface area contributed by atoms with Crippen molar-refractivity contribution in [3.8, 4) is 22.3 Å². The van der Waals surface area contributed by atoms with Crippen molar-refractivity contribution in [3.63, 3.8) is 0 Å². The summed E-state index contributed by atoms with van der Waals surface area (Å²) in [5.41, 5.74) is 7.39. The van der Waals surface area contributed by atoms with Gasteiger partial charge in [-0.1, -0.05) is 126 Å². The summed E-state index contributed by atoms with van der Waals surface area (Å²) in [6.07, 6.45) is 6.89. The van der Waals surface area contributed by atoms with Crippen LogP contribution in [0.15, 0.2) is 97.1 Å². The number of rotatable bonds is 19. The van der Waals surface area contributed by atoms with Crippen LogP contribution in [0.3, 0.4) is 0 Å². The minimum atomic E-state index is -0.197. The first-order valence-electron chi connectivity index (χ1n) is 18.5. The van der Waals surface area contributed by atoms with Crippen molar-refractivity contribution in [2.45, 2.75) is 104 Å². The first-order chi connectivity index (χ1) is 23.3. The average molecular weight is 669 g/mol. The van der Waals surface area contributed by atoms with Gasteiger partial charge in [-0.15, -0.1) is 0 Å². The van der Waals surface area contributed by atoms with Gasteiger partial charge in [-0.25, -0.2) is 4.39 Å². The molecule has 0 saturated carbocycles. The summed E-state index contributed by atoms with van der Waals surface area (Å²) in [5, 5.41) is 0.768. The fourth-order valence-corrected chi connectivity index (χ4v) is 7.55. The molecule has 0 bridgehead atoms. The Morgan fingerprint density at radius 3 is 1.08 bits per heavy atom. The highest BCUT2D eigenvalue weighted by molar-refractivity contribution is 6.30. The number of hydrogen-bond acceptors (Lipinski definition) is 2. The third-order valence-corrected chi connectivity index (χ3v) is 10.2. The Kier molecular flexibility index (Phi) is 15.2. The van der Waals surface area contributed by atoms with E-state index in [0.29, 0.717) is 23.9 Å². The van der Waals surface area contributed by atoms with Crippen molar-refractivity contribution in [1.82, 2.24) is 9.80 Å². The van der Waals surface area contributed by atoms with E-state index < -0.39 is 0 Å². The molecule has 2 nitrogen and oxygen atoms in total. The average Bonchev–Trinajstić information content (AvgIpc) is 3.10. The van der Waals surface area contributed by atoms with E-state index in [9.17, 15) is 4.39 Å². The van der Waals surface area contributed by atoms with Crippen molar-refractivity contribution in [1.29, 1.82) is 0 Å². The lowest BCUT2D eigenvalue weighted by molar-refractivity contribution is 0.0586. The molecule has 0 fully saturated rings. The van der Waals surface area contributed by atoms with Gasteiger partial charge in [0.15, 0.2) is 0 Å². The largest absolute Gasteiger partial charge is 0.299 e. The standard InChI is InChI=1S/C44H58ClFN2/c1-7-27-47(28-8-2)43(31-33(5)35-11-15-37(16-12-35)39-19-23-41(45)24-20-39)44(48(29-9-3)30-10-4)32-34(6)36-13-17-38(18-14-36)40-21-25-42(46)26-22-40/h11-26,33-34,43-44H,7-10,27-32H2,1-6H3. The van der Waals surface area contributed by atoms with E-state index in [-0.39, 0.29) is 5.82 Å². The van der Waals surface area contributed by atoms with Gasteiger partial charge in [0, 0.05) is 17.1 Å². The zero-order valence-corrected chi connectivity index (χ0v) is 31.0. The van der Waals surface area contributed by atoms with Gasteiger partial charge < -0.3 is 0 Å². The highest BCUT2D eigenvalue weighted by Crippen LogP contribution is 2.34. The molecule has 48 heavy (non-hydrogen) atoms. The Morgan fingerprint density at radius 2 is 0.771 bits per heavy atom. The lowest BCUT2D eigenvalue weighted by Gasteiger charge is -2.45. The van der Waals surface area contributed by atoms with Gasteiger partial charge in [0.05, 0.1) is 0 Å². The van der Waals surface area contributed by atoms with E-state index in [1.54, 1.807) is 12.1 Å². The lowest BCUT2D eigenvalue weighted by Crippen LogP contribution is -2.53. The Balaban J connectivity index is 1.63. The first kappa shape index (κ1) is 37.8. The topological polar surface area (TPSA) is 6.48 Å². The van der Waals surface area contributed by atoms with Gasteiger partial charge in [-0.2, -0.15) is 0 Å². The molecule has 0 aliphatic carbocycles. The van der Waals surface area contributed by atoms with Gasteiger partial charge in [0.1, 0.15) is 5.82 Å². The molecule has 0 spiro atoms. The predicted molar refractivity (Wildman–Crippen MR) is 207 cm³/mol. The molecule has 0 saturated heterocycles. The van der Waals surface area contributed by atoms with E-state index in [2.05, 4.69) is 112 Å². The summed E-state index contributed by atoms with van der Waals surface area (Å²) >= 11 is 6.15. The summed E-state index contributed by atoms with van der Waals surface area (Å²) in [7, 11) is 0. The molecule has 4 rings (SSSR count). The van der Waals surface area contributed by atoms with Gasteiger partial charge in [-0.05, 0) is 134 Å². The second-order valence-electron chi connectivity index (χ2n) is 13.7. The Labute approximate surface area is 296 Å². The van der Waals surface area contributed by atoms with Crippen molar-refractivity contribution in [2.24, 2.45) is 0 Å². The van der Waals surface area contributed by atoms with Crippen LogP contribution >= 0.6 is 11.6 Å². The smallest absolute Gasteiger partial charge is 0.123 e. The van der Waals surface area contributed by atoms with Crippen LogP contribution in [0.2, 0.25) is 5.02 Å². The van der Waals surface area contributed by atoms with Crippen molar-refractivity contribution in [2.75, 3.05) is 26.2 Å². The van der Waals surface area contributed by atoms with E-state index in [4.69, 9.17) is 11.6 Å². The molecule has 4 atom stereocenters. The van der Waals surface area contributed by atoms with Crippen LogP contribution in [-0.4, -0.2) is 48.1 Å². The Hall–Kier alpha value is -2.98. The quantitative estimate of drug-likeness (QED) is 0.0981. The molecule has 0 heterocycles. The summed E-state index contributed by atoms with van der Waals surface area (Å²) in [4.78, 5) is 5.65. The summed E-state index contributed by atoms with van der Waals surface area (Å²) < 4.78 is 13.5. The number of halogens is 2. The van der Waals surface area contributed by atoms with E-state index >= 15 is 0 Å². The fraction of sp³-hybridized carbons (Fsp3) is 0.455. The van der Waals surface area contributed by atoms with Crippen molar-refractivity contribution >= 4 is 11.6 Å². The van der Waals surface area contributed by atoms with Gasteiger partial charge in [-0.3, -0.25) is 9.80 Å². The maximum atomic E-state index is 13.5. The second-order valence-corrected chi connectivity index (χ2v) is 14.2. The molecule has 0 amide bonds. The minimum Gasteiger partial charge on any atom is -0.299 e. The highest BCUT2D eigenvalue weighted by atomic mass is 35.5. The first-order valence-corrected chi connectivity index (χ1v) is 18.8. The van der Waals surface area contributed by atoms with Crippen LogP contribution in [-0.2, 0) is 0 Å². The van der Waals surface area contributed by atoms with E-state index in [1.165, 1.54) is 22.3 Å². The van der Waals surface area contributed by atoms with Gasteiger partial charge in [0.2, 0.25) is 0 Å². The van der Waals surface area contributed by atoms with Crippen molar-refractivity contribution < 1.29 is 4.39 Å². The van der Waals surface area contributed by atoms with Crippen LogP contribution < -0.4 is 0 Å². The van der Waals surface area contributed by atoms with Crippen LogP contribution in [0.25, 0.3) is 22.3 Å². The molecule has 0 aromatic heterocycles. The third-order valence-electron chi connectivity index (χ3n) is 9.93. The second kappa shape index (κ2) is 19.3. The highest BCUT2D eigenvalue weighted by Gasteiger charge is 2.34. The zero-order chi connectivity index (χ0) is 34.5. The number of nitrogens with zero attached hydrogens (tertiary/aromatic N) is 2. The number of hydrogen-bond donors (Lipinski definition) is 0. The fourth-order valence-electron chi connectivity index (χ4n) is 7.42. The molecule has 4 aromatic carbocycles. The molecule has 0 aliphatic rings. The SMILES string of the molecule is CCCN(CCC)C(CC(C)c1ccc(-c2ccc(F)cc2)cc1)C(CC(C)c1ccc(-c2ccc(Cl)cc2)cc1)N(CCC)CCC. The van der Waals surface area contributed by atoms with Crippen LogP contribution in [0.4, 0.5) is 4.39 Å². The predicted octanol–water partition coefficient (Wildman–Crippen LogP) is 12.5. The summed E-state index contributed by atoms with van der Waals surface area (Å²) in [5.74, 6) is 0.649. The molecule has 258 valence electrons. The maximum Gasteiger partial charge on any atom is 0.123 e. The molecule has 0 radical (unpaired) electrons. The summed E-state index contributed by atoms with van der Waals surface area (Å²) in [6, 6.07) is 34.1. The lowest BCUT2D eigenvalue weighted by atomic mass is 9.83. The van der Waals surface area contributed by atoms with E-state index in [0.717, 1.165) is 80.9 Å². The molecule has 4 unspecified atom stereocenters. The molecular weight excluding hydrogens is 611 g/mol. The zero-order valence-electron chi connectivity index (χ0n) is 30.3. The maximum absolute atomic E-state index is 13.5. The molecule has 4 aromatic rings.